The van der Waals surface area contributed by atoms with Crippen LogP contribution in [0, 0.1) is 11.8 Å². The highest BCUT2D eigenvalue weighted by Crippen LogP contribution is 2.06. The summed E-state index contributed by atoms with van der Waals surface area (Å²) in [5, 5.41) is 0. The maximum Gasteiger partial charge on any atom is 0.312 e. The Kier molecular flexibility index (Phi) is 6.94. The molecule has 2 nitrogen and oxygen atoms in total. The number of ether oxygens (including phenoxy) is 1. The Hall–Kier alpha value is -1.57. The third kappa shape index (κ3) is 6.80. The van der Waals surface area contributed by atoms with Gasteiger partial charge in [0.1, 0.15) is 0 Å². The van der Waals surface area contributed by atoms with Gasteiger partial charge in [-0.15, -0.1) is 0 Å². The smallest absolute Gasteiger partial charge is 0.312 e. The number of hydrogen-bond acceptors (Lipinski definition) is 2. The Morgan fingerprint density at radius 1 is 1.16 bits per heavy atom. The standard InChI is InChI=1S/C17H24O2/c1-14(2)11-12-15(3)17(18)19-13-7-10-16-8-5-4-6-9-16/h4-6,8-9,11-12,14-15H,7,10,13H2,1-3H3/b12-11-. The number of benzene rings is 1. The van der Waals surface area contributed by atoms with Gasteiger partial charge < -0.3 is 4.74 Å². The van der Waals surface area contributed by atoms with Crippen molar-refractivity contribution in [1.29, 1.82) is 0 Å². The Morgan fingerprint density at radius 3 is 2.47 bits per heavy atom. The molecule has 0 N–H and O–H groups in total. The van der Waals surface area contributed by atoms with E-state index in [4.69, 9.17) is 4.74 Å². The molecule has 0 heterocycles. The van der Waals surface area contributed by atoms with E-state index < -0.39 is 0 Å². The predicted molar refractivity (Wildman–Crippen MR) is 78.9 cm³/mol. The highest BCUT2D eigenvalue weighted by molar-refractivity contribution is 5.73. The lowest BCUT2D eigenvalue weighted by Crippen LogP contribution is -2.14. The average molecular weight is 260 g/mol. The summed E-state index contributed by atoms with van der Waals surface area (Å²) in [6, 6.07) is 10.2. The van der Waals surface area contributed by atoms with Crippen molar-refractivity contribution in [2.75, 3.05) is 6.61 Å². The first-order valence-electron chi connectivity index (χ1n) is 6.98. The van der Waals surface area contributed by atoms with Crippen LogP contribution in [0.2, 0.25) is 0 Å². The maximum atomic E-state index is 11.7. The third-order valence-electron chi connectivity index (χ3n) is 2.85. The highest BCUT2D eigenvalue weighted by atomic mass is 16.5. The van der Waals surface area contributed by atoms with Crippen LogP contribution in [-0.2, 0) is 16.0 Å². The first kappa shape index (κ1) is 15.5. The first-order valence-corrected chi connectivity index (χ1v) is 6.98. The number of rotatable bonds is 7. The molecular weight excluding hydrogens is 236 g/mol. The zero-order chi connectivity index (χ0) is 14.1. The van der Waals surface area contributed by atoms with E-state index >= 15 is 0 Å². The zero-order valence-electron chi connectivity index (χ0n) is 12.1. The van der Waals surface area contributed by atoms with E-state index in [0.29, 0.717) is 12.5 Å². The molecule has 0 aliphatic heterocycles. The Balaban J connectivity index is 2.20. The van der Waals surface area contributed by atoms with Crippen molar-refractivity contribution in [3.63, 3.8) is 0 Å². The summed E-state index contributed by atoms with van der Waals surface area (Å²) >= 11 is 0. The lowest BCUT2D eigenvalue weighted by Gasteiger charge is -2.08. The van der Waals surface area contributed by atoms with Crippen molar-refractivity contribution < 1.29 is 9.53 Å². The van der Waals surface area contributed by atoms with E-state index in [-0.39, 0.29) is 11.9 Å². The van der Waals surface area contributed by atoms with Gasteiger partial charge in [0.2, 0.25) is 0 Å². The Bertz CT molecular complexity index is 393. The van der Waals surface area contributed by atoms with Crippen molar-refractivity contribution in [2.45, 2.75) is 33.6 Å². The Morgan fingerprint density at radius 2 is 1.84 bits per heavy atom. The van der Waals surface area contributed by atoms with Crippen molar-refractivity contribution in [1.82, 2.24) is 0 Å². The molecule has 2 heteroatoms. The summed E-state index contributed by atoms with van der Waals surface area (Å²) in [7, 11) is 0. The van der Waals surface area contributed by atoms with Crippen molar-refractivity contribution in [2.24, 2.45) is 11.8 Å². The summed E-state index contributed by atoms with van der Waals surface area (Å²) < 4.78 is 5.27. The van der Waals surface area contributed by atoms with Crippen LogP contribution in [0.4, 0.5) is 0 Å². The van der Waals surface area contributed by atoms with Crippen molar-refractivity contribution in [3.05, 3.63) is 48.0 Å². The molecule has 0 bridgehead atoms. The highest BCUT2D eigenvalue weighted by Gasteiger charge is 2.10. The summed E-state index contributed by atoms with van der Waals surface area (Å²) in [5.41, 5.74) is 1.28. The minimum Gasteiger partial charge on any atom is -0.465 e. The number of carbonyl (C=O) groups is 1. The van der Waals surface area contributed by atoms with Gasteiger partial charge in [-0.25, -0.2) is 0 Å². The fourth-order valence-electron chi connectivity index (χ4n) is 1.69. The number of esters is 1. The van der Waals surface area contributed by atoms with E-state index in [1.54, 1.807) is 0 Å². The molecule has 1 rings (SSSR count). The second-order valence-electron chi connectivity index (χ2n) is 5.17. The van der Waals surface area contributed by atoms with E-state index in [1.165, 1.54) is 5.56 Å². The molecule has 104 valence electrons. The molecule has 19 heavy (non-hydrogen) atoms. The number of aryl methyl sites for hydroxylation is 1. The van der Waals surface area contributed by atoms with Crippen molar-refractivity contribution in [3.8, 4) is 0 Å². The van der Waals surface area contributed by atoms with Gasteiger partial charge >= 0.3 is 5.97 Å². The van der Waals surface area contributed by atoms with Crippen LogP contribution in [0.5, 0.6) is 0 Å². The second kappa shape index (κ2) is 8.52. The Labute approximate surface area is 116 Å². The lowest BCUT2D eigenvalue weighted by atomic mass is 10.1. The average Bonchev–Trinajstić information content (AvgIpc) is 2.41. The van der Waals surface area contributed by atoms with Gasteiger partial charge in [0, 0.05) is 0 Å². The maximum absolute atomic E-state index is 11.7. The molecule has 0 spiro atoms. The number of carbonyl (C=O) groups excluding carboxylic acids is 1. The molecular formula is C17H24O2. The van der Waals surface area contributed by atoms with Gasteiger partial charge in [-0.2, -0.15) is 0 Å². The first-order chi connectivity index (χ1) is 9.09. The molecule has 1 atom stereocenters. The second-order valence-corrected chi connectivity index (χ2v) is 5.17. The normalized spacial score (nSPS) is 12.8. The molecule has 0 saturated carbocycles. The van der Waals surface area contributed by atoms with Gasteiger partial charge in [0.15, 0.2) is 0 Å². The number of hydrogen-bond donors (Lipinski definition) is 0. The summed E-state index contributed by atoms with van der Waals surface area (Å²) in [5.74, 6) is 0.178. The molecule has 1 aromatic rings. The molecule has 1 unspecified atom stereocenters. The molecule has 0 amide bonds. The lowest BCUT2D eigenvalue weighted by molar-refractivity contribution is -0.146. The molecule has 1 aromatic carbocycles. The fourth-order valence-corrected chi connectivity index (χ4v) is 1.69. The summed E-state index contributed by atoms with van der Waals surface area (Å²) in [6.07, 6.45) is 5.78. The topological polar surface area (TPSA) is 26.3 Å². The van der Waals surface area contributed by atoms with Crippen LogP contribution < -0.4 is 0 Å². The fraction of sp³-hybridized carbons (Fsp3) is 0.471. The third-order valence-corrected chi connectivity index (χ3v) is 2.85. The molecule has 0 aliphatic carbocycles. The molecule has 0 aliphatic rings. The van der Waals surface area contributed by atoms with E-state index in [9.17, 15) is 4.79 Å². The SMILES string of the molecule is CC(C)/C=C\C(C)C(=O)OCCCc1ccccc1. The van der Waals surface area contributed by atoms with E-state index in [1.807, 2.05) is 37.3 Å². The quantitative estimate of drug-likeness (QED) is 0.420. The zero-order valence-corrected chi connectivity index (χ0v) is 12.1. The van der Waals surface area contributed by atoms with Gasteiger partial charge in [-0.05, 0) is 31.2 Å². The minimum atomic E-state index is -0.154. The number of allylic oxidation sites excluding steroid dienone is 1. The summed E-state index contributed by atoms with van der Waals surface area (Å²) in [6.45, 7) is 6.55. The predicted octanol–water partition coefficient (Wildman–Crippen LogP) is 4.01. The van der Waals surface area contributed by atoms with Gasteiger partial charge in [-0.1, -0.05) is 56.3 Å². The largest absolute Gasteiger partial charge is 0.465 e. The summed E-state index contributed by atoms with van der Waals surface area (Å²) in [4.78, 5) is 11.7. The van der Waals surface area contributed by atoms with Gasteiger partial charge in [0.25, 0.3) is 0 Å². The van der Waals surface area contributed by atoms with E-state index in [2.05, 4.69) is 26.0 Å². The van der Waals surface area contributed by atoms with Crippen LogP contribution >= 0.6 is 0 Å². The molecule has 0 radical (unpaired) electrons. The molecule has 0 aromatic heterocycles. The van der Waals surface area contributed by atoms with Crippen molar-refractivity contribution >= 4 is 5.97 Å². The van der Waals surface area contributed by atoms with Crippen LogP contribution in [0.25, 0.3) is 0 Å². The van der Waals surface area contributed by atoms with E-state index in [0.717, 1.165) is 12.8 Å². The van der Waals surface area contributed by atoms with Crippen LogP contribution in [-0.4, -0.2) is 12.6 Å². The molecule has 0 saturated heterocycles. The van der Waals surface area contributed by atoms with Crippen LogP contribution in [0.1, 0.15) is 32.8 Å². The monoisotopic (exact) mass is 260 g/mol. The van der Waals surface area contributed by atoms with Crippen LogP contribution in [0.15, 0.2) is 42.5 Å². The minimum absolute atomic E-state index is 0.134. The molecule has 0 fully saturated rings. The van der Waals surface area contributed by atoms with Gasteiger partial charge in [-0.3, -0.25) is 4.79 Å². The van der Waals surface area contributed by atoms with Crippen LogP contribution in [0.3, 0.4) is 0 Å². The van der Waals surface area contributed by atoms with Gasteiger partial charge in [0.05, 0.1) is 12.5 Å².